The molecular weight excluding hydrogens is 413 g/mol. The Balaban J connectivity index is 1.55. The van der Waals surface area contributed by atoms with Crippen molar-refractivity contribution in [3.05, 3.63) is 65.0 Å². The maximum atomic E-state index is 14.7. The molecule has 5 rings (SSSR count). The van der Waals surface area contributed by atoms with Crippen LogP contribution in [-0.4, -0.2) is 35.7 Å². The van der Waals surface area contributed by atoms with Crippen LogP contribution in [-0.2, 0) is 9.67 Å². The highest BCUT2D eigenvalue weighted by Crippen LogP contribution is 2.54. The molecule has 3 heterocycles. The third kappa shape index (κ3) is 3.74. The van der Waals surface area contributed by atoms with E-state index in [2.05, 4.69) is 5.32 Å². The first-order chi connectivity index (χ1) is 15.1. The third-order valence-corrected chi connectivity index (χ3v) is 7.69. The van der Waals surface area contributed by atoms with Crippen LogP contribution in [0.1, 0.15) is 42.4 Å². The summed E-state index contributed by atoms with van der Waals surface area (Å²) < 4.78 is 20.6. The molecule has 1 amide bonds. The average Bonchev–Trinajstić information content (AvgIpc) is 3.16. The number of para-hydroxylation sites is 1. The lowest BCUT2D eigenvalue weighted by molar-refractivity contribution is -0.136. The van der Waals surface area contributed by atoms with Crippen molar-refractivity contribution >= 4 is 22.7 Å². The highest BCUT2D eigenvalue weighted by atomic mass is 32.2. The third-order valence-electron chi connectivity index (χ3n) is 6.26. The lowest BCUT2D eigenvalue weighted by Crippen LogP contribution is -2.45. The van der Waals surface area contributed by atoms with Crippen molar-refractivity contribution < 1.29 is 13.9 Å². The highest BCUT2D eigenvalue weighted by molar-refractivity contribution is 8.15. The molecule has 1 spiro atoms. The number of carbonyl (C=O) groups is 1. The van der Waals surface area contributed by atoms with Gasteiger partial charge in [-0.15, -0.1) is 0 Å². The number of aryl methyl sites for hydroxylation is 1. The highest BCUT2D eigenvalue weighted by Gasteiger charge is 2.52. The van der Waals surface area contributed by atoms with Crippen LogP contribution in [0.5, 0.6) is 5.75 Å². The Morgan fingerprint density at radius 2 is 2.23 bits per heavy atom. The molecule has 31 heavy (non-hydrogen) atoms. The molecule has 1 fully saturated rings. The summed E-state index contributed by atoms with van der Waals surface area (Å²) in [5.74, 6) is 0.729. The number of halogens is 1. The van der Waals surface area contributed by atoms with Gasteiger partial charge < -0.3 is 10.1 Å². The number of rotatable bonds is 3. The summed E-state index contributed by atoms with van der Waals surface area (Å²) in [6, 6.07) is 12.8. The zero-order chi connectivity index (χ0) is 21.4. The molecule has 162 valence electrons. The minimum Gasteiger partial charge on any atom is -0.493 e. The van der Waals surface area contributed by atoms with Crippen molar-refractivity contribution in [2.45, 2.75) is 37.5 Å². The molecule has 5 nitrogen and oxygen atoms in total. The number of amides is 1. The van der Waals surface area contributed by atoms with E-state index in [4.69, 9.17) is 9.84 Å². The van der Waals surface area contributed by atoms with Gasteiger partial charge in [0.2, 0.25) is 5.91 Å². The zero-order valence-electron chi connectivity index (χ0n) is 17.6. The Bertz CT molecular complexity index is 1040. The molecule has 7 heteroatoms. The van der Waals surface area contributed by atoms with E-state index in [1.54, 1.807) is 17.1 Å². The maximum Gasteiger partial charge on any atom is 0.244 e. The number of ether oxygens (including phenoxy) is 1. The Morgan fingerprint density at radius 3 is 3.06 bits per heavy atom. The first kappa shape index (κ1) is 20.5. The molecule has 2 atom stereocenters. The summed E-state index contributed by atoms with van der Waals surface area (Å²) in [6.07, 6.45) is 3.15. The van der Waals surface area contributed by atoms with E-state index in [-0.39, 0.29) is 11.7 Å². The SMILES string of the molecule is Cc1ccc(F)c(C2=NN(C(=O)CC3CCCNC3)C3(CCOc4ccccc43)S2)c1. The van der Waals surface area contributed by atoms with Gasteiger partial charge in [0.1, 0.15) is 21.5 Å². The van der Waals surface area contributed by atoms with E-state index >= 15 is 0 Å². The topological polar surface area (TPSA) is 53.9 Å². The number of piperidine rings is 1. The van der Waals surface area contributed by atoms with Crippen molar-refractivity contribution in [3.63, 3.8) is 0 Å². The predicted octanol–water partition coefficient (Wildman–Crippen LogP) is 4.40. The van der Waals surface area contributed by atoms with Crippen molar-refractivity contribution in [2.24, 2.45) is 11.0 Å². The molecule has 3 aliphatic rings. The number of fused-ring (bicyclic) bond motifs is 2. The van der Waals surface area contributed by atoms with Gasteiger partial charge >= 0.3 is 0 Å². The minimum absolute atomic E-state index is 0.0130. The van der Waals surface area contributed by atoms with Crippen LogP contribution < -0.4 is 10.1 Å². The Hall–Kier alpha value is -2.38. The molecule has 0 saturated carbocycles. The second kappa shape index (κ2) is 8.28. The van der Waals surface area contributed by atoms with E-state index in [0.717, 1.165) is 42.8 Å². The Kier molecular flexibility index (Phi) is 5.48. The molecule has 0 aromatic heterocycles. The van der Waals surface area contributed by atoms with Crippen LogP contribution in [0.3, 0.4) is 0 Å². The van der Waals surface area contributed by atoms with Gasteiger partial charge in [-0.1, -0.05) is 41.6 Å². The van der Waals surface area contributed by atoms with Gasteiger partial charge in [0.15, 0.2) is 0 Å². The number of thioether (sulfide) groups is 1. The van der Waals surface area contributed by atoms with Crippen LogP contribution in [0.15, 0.2) is 47.6 Å². The van der Waals surface area contributed by atoms with Crippen LogP contribution >= 0.6 is 11.8 Å². The number of hydrogen-bond acceptors (Lipinski definition) is 5. The van der Waals surface area contributed by atoms with Crippen LogP contribution in [0.25, 0.3) is 0 Å². The summed E-state index contributed by atoms with van der Waals surface area (Å²) in [6.45, 7) is 4.27. The van der Waals surface area contributed by atoms with Crippen LogP contribution in [0.4, 0.5) is 4.39 Å². The van der Waals surface area contributed by atoms with Gasteiger partial charge in [0.25, 0.3) is 0 Å². The van der Waals surface area contributed by atoms with Crippen molar-refractivity contribution in [1.82, 2.24) is 10.3 Å². The molecule has 3 aliphatic heterocycles. The number of hydrazone groups is 1. The first-order valence-corrected chi connectivity index (χ1v) is 11.7. The van der Waals surface area contributed by atoms with Gasteiger partial charge in [-0.3, -0.25) is 4.79 Å². The van der Waals surface area contributed by atoms with Crippen molar-refractivity contribution in [1.29, 1.82) is 0 Å². The molecule has 2 aromatic carbocycles. The average molecular weight is 440 g/mol. The standard InChI is InChI=1S/C24H26FN3O2S/c1-16-8-9-20(25)18(13-16)23-27-28(22(29)14-17-5-4-11-26-15-17)24(31-23)10-12-30-21-7-3-2-6-19(21)24/h2-3,6-9,13,17,26H,4-5,10-12,14-15H2,1H3. The molecular formula is C24H26FN3O2S. The van der Waals surface area contributed by atoms with Gasteiger partial charge in [0.05, 0.1) is 6.61 Å². The molecule has 0 bridgehead atoms. The van der Waals surface area contributed by atoms with Crippen LogP contribution in [0, 0.1) is 18.7 Å². The number of nitrogens with zero attached hydrogens (tertiary/aromatic N) is 2. The smallest absolute Gasteiger partial charge is 0.244 e. The fourth-order valence-corrected chi connectivity index (χ4v) is 6.07. The van der Waals surface area contributed by atoms with Gasteiger partial charge in [-0.2, -0.15) is 5.10 Å². The molecule has 2 aromatic rings. The molecule has 2 unspecified atom stereocenters. The monoisotopic (exact) mass is 439 g/mol. The summed E-state index contributed by atoms with van der Waals surface area (Å²) in [4.78, 5) is 12.9. The number of hydrogen-bond donors (Lipinski definition) is 1. The fraction of sp³-hybridized carbons (Fsp3) is 0.417. The summed E-state index contributed by atoms with van der Waals surface area (Å²) in [5, 5.41) is 10.3. The maximum absolute atomic E-state index is 14.7. The quantitative estimate of drug-likeness (QED) is 0.770. The lowest BCUT2D eigenvalue weighted by atomic mass is 9.94. The zero-order valence-corrected chi connectivity index (χ0v) is 18.4. The largest absolute Gasteiger partial charge is 0.493 e. The van der Waals surface area contributed by atoms with Gasteiger partial charge in [-0.25, -0.2) is 9.40 Å². The summed E-state index contributed by atoms with van der Waals surface area (Å²) in [7, 11) is 0. The van der Waals surface area contributed by atoms with E-state index in [1.807, 2.05) is 31.2 Å². The second-order valence-electron chi connectivity index (χ2n) is 8.49. The van der Waals surface area contributed by atoms with E-state index < -0.39 is 4.87 Å². The molecule has 1 saturated heterocycles. The molecule has 1 N–H and O–H groups in total. The summed E-state index contributed by atoms with van der Waals surface area (Å²) in [5.41, 5.74) is 2.33. The number of benzene rings is 2. The Morgan fingerprint density at radius 1 is 1.35 bits per heavy atom. The van der Waals surface area contributed by atoms with Crippen LogP contribution in [0.2, 0.25) is 0 Å². The second-order valence-corrected chi connectivity index (χ2v) is 9.76. The molecule has 0 aliphatic carbocycles. The Labute approximate surface area is 186 Å². The molecule has 0 radical (unpaired) electrons. The van der Waals surface area contributed by atoms with E-state index in [1.165, 1.54) is 17.8 Å². The number of nitrogens with one attached hydrogen (secondary N) is 1. The van der Waals surface area contributed by atoms with Crippen molar-refractivity contribution in [2.75, 3.05) is 19.7 Å². The lowest BCUT2D eigenvalue weighted by Gasteiger charge is -2.40. The summed E-state index contributed by atoms with van der Waals surface area (Å²) >= 11 is 1.47. The first-order valence-electron chi connectivity index (χ1n) is 10.9. The van der Waals surface area contributed by atoms with Gasteiger partial charge in [0, 0.05) is 24.0 Å². The van der Waals surface area contributed by atoms with Crippen molar-refractivity contribution in [3.8, 4) is 5.75 Å². The van der Waals surface area contributed by atoms with E-state index in [0.29, 0.717) is 36.0 Å². The van der Waals surface area contributed by atoms with Gasteiger partial charge in [-0.05, 0) is 57.0 Å². The fourth-order valence-electron chi connectivity index (χ4n) is 4.67. The predicted molar refractivity (Wildman–Crippen MR) is 121 cm³/mol. The normalized spacial score (nSPS) is 25.2. The number of carbonyl (C=O) groups excluding carboxylic acids is 1. The van der Waals surface area contributed by atoms with E-state index in [9.17, 15) is 9.18 Å². The minimum atomic E-state index is -0.709.